The minimum Gasteiger partial charge on any atom is -0.462 e. The van der Waals surface area contributed by atoms with E-state index >= 15 is 0 Å². The standard InChI is InChI=1S/C65H118O6/c1-4-7-10-13-16-19-22-25-28-30-32-34-37-40-43-46-49-52-55-58-64(67)70-61-62(60-69-63(66)57-54-51-48-45-42-39-36-27-24-21-18-15-12-9-6-3)71-65(68)59-56-53-50-47-44-41-38-35-33-31-29-26-23-20-17-14-11-8-5-2/h16,19,25-29,36,62H,4-15,17-18,20-24,30-35,37-61H2,1-3H3/b19-16-,28-25-,29-26-,36-27-/t62-/m1/s1. The molecule has 0 fully saturated rings. The molecule has 0 saturated heterocycles. The van der Waals surface area contributed by atoms with Crippen LogP contribution in [0.5, 0.6) is 0 Å². The fourth-order valence-electron chi connectivity index (χ4n) is 9.05. The maximum absolute atomic E-state index is 12.9. The Kier molecular flexibility index (Phi) is 57.7. The van der Waals surface area contributed by atoms with Crippen molar-refractivity contribution in [2.24, 2.45) is 0 Å². The molecule has 1 atom stereocenters. The van der Waals surface area contributed by atoms with Crippen LogP contribution in [0.4, 0.5) is 0 Å². The van der Waals surface area contributed by atoms with Gasteiger partial charge in [0, 0.05) is 19.3 Å². The molecule has 0 spiro atoms. The van der Waals surface area contributed by atoms with E-state index in [9.17, 15) is 14.4 Å². The molecule has 6 nitrogen and oxygen atoms in total. The first kappa shape index (κ1) is 68.4. The molecule has 0 amide bonds. The maximum atomic E-state index is 12.9. The molecule has 0 rings (SSSR count). The highest BCUT2D eigenvalue weighted by atomic mass is 16.6. The summed E-state index contributed by atoms with van der Waals surface area (Å²) in [6.45, 7) is 6.64. The predicted octanol–water partition coefficient (Wildman–Crippen LogP) is 21.0. The Morgan fingerprint density at radius 2 is 0.507 bits per heavy atom. The van der Waals surface area contributed by atoms with E-state index in [1.165, 1.54) is 218 Å². The van der Waals surface area contributed by atoms with E-state index in [4.69, 9.17) is 14.2 Å². The van der Waals surface area contributed by atoms with Gasteiger partial charge in [-0.1, -0.05) is 256 Å². The van der Waals surface area contributed by atoms with E-state index in [1.807, 2.05) is 0 Å². The Balaban J connectivity index is 4.36. The molecule has 0 aromatic rings. The van der Waals surface area contributed by atoms with Crippen molar-refractivity contribution in [1.29, 1.82) is 0 Å². The number of rotatable bonds is 57. The van der Waals surface area contributed by atoms with Crippen LogP contribution in [0.1, 0.15) is 329 Å². The molecule has 0 heterocycles. The minimum absolute atomic E-state index is 0.0767. The quantitative estimate of drug-likeness (QED) is 0.0261. The van der Waals surface area contributed by atoms with Gasteiger partial charge in [0.2, 0.25) is 0 Å². The van der Waals surface area contributed by atoms with Gasteiger partial charge in [0.15, 0.2) is 6.10 Å². The van der Waals surface area contributed by atoms with Crippen LogP contribution in [0, 0.1) is 0 Å². The molecule has 0 saturated carbocycles. The summed E-state index contributed by atoms with van der Waals surface area (Å²) in [6.07, 6.45) is 73.9. The second-order valence-electron chi connectivity index (χ2n) is 21.0. The normalized spacial score (nSPS) is 12.3. The van der Waals surface area contributed by atoms with E-state index in [0.29, 0.717) is 19.3 Å². The molecule has 0 aliphatic rings. The van der Waals surface area contributed by atoms with Crippen LogP contribution in [0.2, 0.25) is 0 Å². The fraction of sp³-hybridized carbons (Fsp3) is 0.831. The van der Waals surface area contributed by atoms with Gasteiger partial charge in [0.25, 0.3) is 0 Å². The van der Waals surface area contributed by atoms with Gasteiger partial charge in [-0.25, -0.2) is 0 Å². The third kappa shape index (κ3) is 58.1. The highest BCUT2D eigenvalue weighted by molar-refractivity contribution is 5.71. The molecular formula is C65H118O6. The van der Waals surface area contributed by atoms with E-state index < -0.39 is 6.10 Å². The Hall–Kier alpha value is -2.63. The minimum atomic E-state index is -0.779. The van der Waals surface area contributed by atoms with Crippen LogP contribution in [0.3, 0.4) is 0 Å². The molecule has 0 aromatic carbocycles. The van der Waals surface area contributed by atoms with Crippen LogP contribution in [0.15, 0.2) is 48.6 Å². The lowest BCUT2D eigenvalue weighted by Gasteiger charge is -2.18. The number of carbonyl (C=O) groups excluding carboxylic acids is 3. The van der Waals surface area contributed by atoms with Gasteiger partial charge in [-0.3, -0.25) is 14.4 Å². The van der Waals surface area contributed by atoms with Gasteiger partial charge in [0.1, 0.15) is 13.2 Å². The molecule has 0 aliphatic heterocycles. The number of hydrogen-bond acceptors (Lipinski definition) is 6. The summed E-state index contributed by atoms with van der Waals surface area (Å²) < 4.78 is 16.9. The fourth-order valence-corrected chi connectivity index (χ4v) is 9.05. The van der Waals surface area contributed by atoms with E-state index in [1.54, 1.807) is 0 Å². The Labute approximate surface area is 441 Å². The molecule has 0 radical (unpaired) electrons. The van der Waals surface area contributed by atoms with Crippen LogP contribution in [-0.2, 0) is 28.6 Å². The second kappa shape index (κ2) is 59.9. The number of esters is 3. The molecule has 0 N–H and O–H groups in total. The number of hydrogen-bond donors (Lipinski definition) is 0. The first-order valence-electron chi connectivity index (χ1n) is 31.1. The molecule has 0 bridgehead atoms. The number of ether oxygens (including phenoxy) is 3. The molecular weight excluding hydrogens is 877 g/mol. The van der Waals surface area contributed by atoms with Crippen molar-refractivity contribution in [2.45, 2.75) is 335 Å². The van der Waals surface area contributed by atoms with Gasteiger partial charge < -0.3 is 14.2 Å². The van der Waals surface area contributed by atoms with Crippen molar-refractivity contribution in [3.8, 4) is 0 Å². The molecule has 6 heteroatoms. The Morgan fingerprint density at radius 3 is 0.817 bits per heavy atom. The van der Waals surface area contributed by atoms with Gasteiger partial charge >= 0.3 is 17.9 Å². The first-order valence-corrected chi connectivity index (χ1v) is 31.1. The Morgan fingerprint density at radius 1 is 0.282 bits per heavy atom. The van der Waals surface area contributed by atoms with Crippen LogP contribution in [0.25, 0.3) is 0 Å². The van der Waals surface area contributed by atoms with E-state index in [2.05, 4.69) is 69.4 Å². The zero-order valence-corrected chi connectivity index (χ0v) is 47.5. The maximum Gasteiger partial charge on any atom is 0.306 e. The number of carbonyl (C=O) groups is 3. The molecule has 0 aromatic heterocycles. The summed E-state index contributed by atoms with van der Waals surface area (Å²) in [7, 11) is 0. The van der Waals surface area contributed by atoms with Crippen LogP contribution >= 0.6 is 0 Å². The van der Waals surface area contributed by atoms with Crippen molar-refractivity contribution in [3.63, 3.8) is 0 Å². The smallest absolute Gasteiger partial charge is 0.306 e. The van der Waals surface area contributed by atoms with Crippen LogP contribution in [-0.4, -0.2) is 37.2 Å². The highest BCUT2D eigenvalue weighted by Crippen LogP contribution is 2.16. The lowest BCUT2D eigenvalue weighted by molar-refractivity contribution is -0.167. The average molecular weight is 996 g/mol. The molecule has 414 valence electrons. The van der Waals surface area contributed by atoms with E-state index in [-0.39, 0.29) is 31.1 Å². The third-order valence-electron chi connectivity index (χ3n) is 13.8. The highest BCUT2D eigenvalue weighted by Gasteiger charge is 2.19. The SMILES string of the molecule is CCCCC/C=C\C/C=C\CCCCCCCCCCCC(=O)OC[C@@H](COC(=O)CCCCCCC/C=C\CCCCCCCC)OC(=O)CCCCCCCCCCC/C=C\CCCCCCCC. The van der Waals surface area contributed by atoms with E-state index in [0.717, 1.165) is 70.6 Å². The summed E-state index contributed by atoms with van der Waals surface area (Å²) in [5, 5.41) is 0. The monoisotopic (exact) mass is 995 g/mol. The van der Waals surface area contributed by atoms with Gasteiger partial charge in [-0.05, 0) is 103 Å². The lowest BCUT2D eigenvalue weighted by Crippen LogP contribution is -2.30. The number of allylic oxidation sites excluding steroid dienone is 8. The van der Waals surface area contributed by atoms with Crippen molar-refractivity contribution in [2.75, 3.05) is 13.2 Å². The summed E-state index contributed by atoms with van der Waals surface area (Å²) in [4.78, 5) is 38.3. The van der Waals surface area contributed by atoms with Crippen molar-refractivity contribution < 1.29 is 28.6 Å². The zero-order chi connectivity index (χ0) is 51.4. The van der Waals surface area contributed by atoms with Crippen molar-refractivity contribution >= 4 is 17.9 Å². The third-order valence-corrected chi connectivity index (χ3v) is 13.8. The summed E-state index contributed by atoms with van der Waals surface area (Å²) >= 11 is 0. The average Bonchev–Trinajstić information content (AvgIpc) is 3.37. The van der Waals surface area contributed by atoms with Gasteiger partial charge in [0.05, 0.1) is 0 Å². The first-order chi connectivity index (χ1) is 35.0. The van der Waals surface area contributed by atoms with Crippen molar-refractivity contribution in [1.82, 2.24) is 0 Å². The lowest BCUT2D eigenvalue weighted by atomic mass is 10.1. The molecule has 0 aliphatic carbocycles. The number of unbranched alkanes of at least 4 members (excludes halogenated alkanes) is 38. The second-order valence-corrected chi connectivity index (χ2v) is 21.0. The molecule has 0 unspecified atom stereocenters. The Bertz CT molecular complexity index is 1230. The summed E-state index contributed by atoms with van der Waals surface area (Å²) in [6, 6.07) is 0. The van der Waals surface area contributed by atoms with Crippen molar-refractivity contribution in [3.05, 3.63) is 48.6 Å². The largest absolute Gasteiger partial charge is 0.462 e. The van der Waals surface area contributed by atoms with Gasteiger partial charge in [-0.15, -0.1) is 0 Å². The van der Waals surface area contributed by atoms with Crippen LogP contribution < -0.4 is 0 Å². The summed E-state index contributed by atoms with van der Waals surface area (Å²) in [5.74, 6) is -0.873. The predicted molar refractivity (Wildman–Crippen MR) is 307 cm³/mol. The zero-order valence-electron chi connectivity index (χ0n) is 47.5. The topological polar surface area (TPSA) is 78.9 Å². The summed E-state index contributed by atoms with van der Waals surface area (Å²) in [5.41, 5.74) is 0. The van der Waals surface area contributed by atoms with Gasteiger partial charge in [-0.2, -0.15) is 0 Å². The molecule has 71 heavy (non-hydrogen) atoms.